The molecule has 1 N–H and O–H groups in total. The maximum atomic E-state index is 11.6. The number of hydrogen-bond acceptors (Lipinski definition) is 4. The Labute approximate surface area is 186 Å². The molecule has 0 amide bonds. The van der Waals surface area contributed by atoms with Gasteiger partial charge in [0, 0.05) is 36.1 Å². The molecule has 2 heterocycles. The summed E-state index contributed by atoms with van der Waals surface area (Å²) in [7, 11) is 0. The summed E-state index contributed by atoms with van der Waals surface area (Å²) in [5.41, 5.74) is 4.97. The van der Waals surface area contributed by atoms with E-state index in [9.17, 15) is 9.90 Å². The van der Waals surface area contributed by atoms with Crippen molar-refractivity contribution >= 4 is 11.7 Å². The third-order valence-electron chi connectivity index (χ3n) is 6.55. The Bertz CT molecular complexity index is 909. The first kappa shape index (κ1) is 23.1. The number of hydrogen-bond donors (Lipinski definition) is 1. The van der Waals surface area contributed by atoms with E-state index in [1.807, 2.05) is 25.3 Å². The van der Waals surface area contributed by atoms with Gasteiger partial charge < -0.3 is 14.7 Å². The van der Waals surface area contributed by atoms with Crippen LogP contribution in [0.3, 0.4) is 0 Å². The molecule has 168 valence electrons. The van der Waals surface area contributed by atoms with E-state index >= 15 is 0 Å². The summed E-state index contributed by atoms with van der Waals surface area (Å²) in [4.78, 5) is 18.6. The number of aliphatic carboxylic acids is 1. The minimum atomic E-state index is -0.827. The molecule has 1 aliphatic rings. The molecule has 1 atom stereocenters. The fraction of sp³-hybridized carbons (Fsp3) is 0.538. The first-order valence-corrected chi connectivity index (χ1v) is 11.3. The van der Waals surface area contributed by atoms with Gasteiger partial charge in [0.2, 0.25) is 0 Å². The van der Waals surface area contributed by atoms with Gasteiger partial charge in [0.05, 0.1) is 18.2 Å². The molecule has 0 saturated carbocycles. The molecule has 31 heavy (non-hydrogen) atoms. The molecule has 0 aliphatic carbocycles. The smallest absolute Gasteiger partial charge is 0.307 e. The number of piperidine rings is 1. The van der Waals surface area contributed by atoms with Crippen molar-refractivity contribution in [3.05, 3.63) is 41.7 Å². The lowest BCUT2D eigenvalue weighted by Crippen LogP contribution is -2.38. The molecule has 1 saturated heterocycles. The van der Waals surface area contributed by atoms with Gasteiger partial charge in [0.15, 0.2) is 0 Å². The Balaban J connectivity index is 2.00. The minimum absolute atomic E-state index is 0.0189. The molecule has 0 spiro atoms. The predicted molar refractivity (Wildman–Crippen MR) is 126 cm³/mol. The molecular formula is C26H36N2O3. The van der Waals surface area contributed by atoms with E-state index in [-0.39, 0.29) is 12.5 Å². The topological polar surface area (TPSA) is 62.7 Å². The number of pyridine rings is 1. The second kappa shape index (κ2) is 9.29. The van der Waals surface area contributed by atoms with Crippen LogP contribution in [0.1, 0.15) is 58.7 Å². The zero-order chi connectivity index (χ0) is 22.8. The van der Waals surface area contributed by atoms with Crippen molar-refractivity contribution in [1.82, 2.24) is 4.98 Å². The standard InChI is InChI=1S/C26H36N2O3/c1-17(2)19(4)31-21-9-7-20(8-10-21)23-16-27-18(3)22(15-24(29)30)25(23)28-13-11-26(5,6)12-14-28/h7-10,16-17,19H,11-15H2,1-6H3,(H,29,30)/t19-/m1/s1. The quantitative estimate of drug-likeness (QED) is 0.615. The van der Waals surface area contributed by atoms with Crippen LogP contribution in [0.2, 0.25) is 0 Å². The summed E-state index contributed by atoms with van der Waals surface area (Å²) in [6.07, 6.45) is 4.18. The Hall–Kier alpha value is -2.56. The largest absolute Gasteiger partial charge is 0.490 e. The van der Waals surface area contributed by atoms with Gasteiger partial charge in [-0.15, -0.1) is 0 Å². The number of benzene rings is 1. The van der Waals surface area contributed by atoms with Gasteiger partial charge in [0.25, 0.3) is 0 Å². The molecule has 5 nitrogen and oxygen atoms in total. The van der Waals surface area contributed by atoms with Gasteiger partial charge in [-0.2, -0.15) is 0 Å². The van der Waals surface area contributed by atoms with Crippen molar-refractivity contribution in [3.8, 4) is 16.9 Å². The number of anilines is 1. The Kier molecular flexibility index (Phi) is 6.93. The van der Waals surface area contributed by atoms with Crippen molar-refractivity contribution in [2.45, 2.75) is 66.9 Å². The molecule has 1 aliphatic heterocycles. The summed E-state index contributed by atoms with van der Waals surface area (Å²) < 4.78 is 6.03. The van der Waals surface area contributed by atoms with E-state index in [1.54, 1.807) is 0 Å². The molecule has 1 aromatic carbocycles. The van der Waals surface area contributed by atoms with Crippen LogP contribution >= 0.6 is 0 Å². The maximum Gasteiger partial charge on any atom is 0.307 e. The highest BCUT2D eigenvalue weighted by atomic mass is 16.5. The van der Waals surface area contributed by atoms with Crippen LogP contribution in [-0.2, 0) is 11.2 Å². The number of aryl methyl sites for hydroxylation is 1. The molecule has 3 rings (SSSR count). The summed E-state index contributed by atoms with van der Waals surface area (Å²) >= 11 is 0. The van der Waals surface area contributed by atoms with Crippen molar-refractivity contribution in [2.75, 3.05) is 18.0 Å². The summed E-state index contributed by atoms with van der Waals surface area (Å²) in [6.45, 7) is 14.7. The number of carboxylic acids is 1. The molecule has 1 aromatic heterocycles. The van der Waals surface area contributed by atoms with Crippen molar-refractivity contribution in [2.24, 2.45) is 11.3 Å². The zero-order valence-electron chi connectivity index (χ0n) is 19.7. The fourth-order valence-electron chi connectivity index (χ4n) is 3.97. The Morgan fingerprint density at radius 3 is 2.32 bits per heavy atom. The minimum Gasteiger partial charge on any atom is -0.490 e. The van der Waals surface area contributed by atoms with Crippen LogP contribution in [0, 0.1) is 18.3 Å². The van der Waals surface area contributed by atoms with Gasteiger partial charge >= 0.3 is 5.97 Å². The van der Waals surface area contributed by atoms with E-state index in [0.717, 1.165) is 59.8 Å². The third kappa shape index (κ3) is 5.57. The van der Waals surface area contributed by atoms with Crippen LogP contribution in [0.25, 0.3) is 11.1 Å². The third-order valence-corrected chi connectivity index (χ3v) is 6.55. The second-order valence-electron chi connectivity index (χ2n) is 9.90. The number of nitrogens with zero attached hydrogens (tertiary/aromatic N) is 2. The fourth-order valence-corrected chi connectivity index (χ4v) is 3.97. The molecule has 0 bridgehead atoms. The molecule has 0 unspecified atom stereocenters. The van der Waals surface area contributed by atoms with Crippen molar-refractivity contribution in [3.63, 3.8) is 0 Å². The molecule has 0 radical (unpaired) electrons. The highest BCUT2D eigenvalue weighted by molar-refractivity contribution is 5.84. The Morgan fingerprint density at radius 2 is 1.77 bits per heavy atom. The summed E-state index contributed by atoms with van der Waals surface area (Å²) in [5, 5.41) is 9.56. The number of ether oxygens (including phenoxy) is 1. The van der Waals surface area contributed by atoms with E-state index in [0.29, 0.717) is 11.3 Å². The molecular weight excluding hydrogens is 388 g/mol. The number of aromatic nitrogens is 1. The normalized spacial score (nSPS) is 16.9. The molecule has 1 fully saturated rings. The SMILES string of the molecule is Cc1ncc(-c2ccc(O[C@H](C)C(C)C)cc2)c(N2CCC(C)(C)CC2)c1CC(=O)O. The first-order valence-electron chi connectivity index (χ1n) is 11.3. The van der Waals surface area contributed by atoms with E-state index < -0.39 is 5.97 Å². The van der Waals surface area contributed by atoms with Gasteiger partial charge in [-0.25, -0.2) is 0 Å². The van der Waals surface area contributed by atoms with Gasteiger partial charge in [-0.1, -0.05) is 39.8 Å². The summed E-state index contributed by atoms with van der Waals surface area (Å²) in [5.74, 6) is 0.457. The van der Waals surface area contributed by atoms with Crippen molar-refractivity contribution < 1.29 is 14.6 Å². The van der Waals surface area contributed by atoms with Crippen molar-refractivity contribution in [1.29, 1.82) is 0 Å². The lowest BCUT2D eigenvalue weighted by molar-refractivity contribution is -0.136. The average Bonchev–Trinajstić information content (AvgIpc) is 2.70. The maximum absolute atomic E-state index is 11.6. The predicted octanol–water partition coefficient (Wildman–Crippen LogP) is 5.73. The van der Waals surface area contributed by atoms with E-state index in [2.05, 4.69) is 56.6 Å². The van der Waals surface area contributed by atoms with Gasteiger partial charge in [-0.05, 0) is 55.7 Å². The van der Waals surface area contributed by atoms with Crippen LogP contribution in [0.4, 0.5) is 5.69 Å². The second-order valence-corrected chi connectivity index (χ2v) is 9.90. The highest BCUT2D eigenvalue weighted by Gasteiger charge is 2.29. The number of carboxylic acid groups (broad SMARTS) is 1. The van der Waals surface area contributed by atoms with Gasteiger partial charge in [-0.3, -0.25) is 9.78 Å². The van der Waals surface area contributed by atoms with Crippen LogP contribution in [-0.4, -0.2) is 35.3 Å². The van der Waals surface area contributed by atoms with Crippen LogP contribution < -0.4 is 9.64 Å². The average molecular weight is 425 g/mol. The summed E-state index contributed by atoms with van der Waals surface area (Å²) in [6, 6.07) is 8.09. The van der Waals surface area contributed by atoms with Crippen LogP contribution in [0.5, 0.6) is 5.75 Å². The number of carbonyl (C=O) groups is 1. The zero-order valence-corrected chi connectivity index (χ0v) is 19.7. The lowest BCUT2D eigenvalue weighted by Gasteiger charge is -2.40. The lowest BCUT2D eigenvalue weighted by atomic mass is 9.82. The van der Waals surface area contributed by atoms with E-state index in [4.69, 9.17) is 4.74 Å². The first-order chi connectivity index (χ1) is 14.6. The van der Waals surface area contributed by atoms with Gasteiger partial charge in [0.1, 0.15) is 5.75 Å². The van der Waals surface area contributed by atoms with E-state index in [1.165, 1.54) is 0 Å². The Morgan fingerprint density at radius 1 is 1.16 bits per heavy atom. The monoisotopic (exact) mass is 424 g/mol. The van der Waals surface area contributed by atoms with Crippen LogP contribution in [0.15, 0.2) is 30.5 Å². The highest BCUT2D eigenvalue weighted by Crippen LogP contribution is 2.40. The molecule has 2 aromatic rings. The number of rotatable bonds is 7. The molecule has 5 heteroatoms.